The fourth-order valence-corrected chi connectivity index (χ4v) is 4.22. The Labute approximate surface area is 176 Å². The van der Waals surface area contributed by atoms with Gasteiger partial charge in [-0.3, -0.25) is 14.4 Å². The van der Waals surface area contributed by atoms with Crippen molar-refractivity contribution in [2.75, 3.05) is 19.6 Å². The molecule has 1 atom stereocenters. The molecule has 2 aliphatic heterocycles. The number of aryl methyl sites for hydroxylation is 1. The summed E-state index contributed by atoms with van der Waals surface area (Å²) in [5.74, 6) is -0.0311. The summed E-state index contributed by atoms with van der Waals surface area (Å²) in [5.41, 5.74) is 2.78. The first kappa shape index (κ1) is 20.1. The maximum atomic E-state index is 12.6. The zero-order chi connectivity index (χ0) is 20.9. The lowest BCUT2D eigenvalue weighted by Gasteiger charge is -2.36. The zero-order valence-electron chi connectivity index (χ0n) is 17.0. The fraction of sp³-hybridized carbons (Fsp3) is 0.375. The van der Waals surface area contributed by atoms with Gasteiger partial charge in [-0.2, -0.15) is 0 Å². The van der Waals surface area contributed by atoms with E-state index in [-0.39, 0.29) is 30.3 Å². The van der Waals surface area contributed by atoms with Crippen molar-refractivity contribution in [1.29, 1.82) is 0 Å². The third-order valence-electron chi connectivity index (χ3n) is 5.86. The minimum atomic E-state index is -0.285. The minimum Gasteiger partial charge on any atom is -0.352 e. The Balaban J connectivity index is 1.27. The van der Waals surface area contributed by atoms with Gasteiger partial charge >= 0.3 is 0 Å². The molecular weight excluding hydrogens is 378 g/mol. The number of nitrogens with one attached hydrogen (secondary N) is 1. The number of fused-ring (bicyclic) bond motifs is 1. The third kappa shape index (κ3) is 4.53. The average molecular weight is 405 g/mol. The molecule has 0 bridgehead atoms. The molecule has 3 amide bonds. The molecule has 0 aromatic heterocycles. The van der Waals surface area contributed by atoms with Crippen molar-refractivity contribution in [2.45, 2.75) is 38.3 Å². The molecule has 2 aliphatic rings. The molecule has 0 spiro atoms. The van der Waals surface area contributed by atoms with Crippen molar-refractivity contribution in [3.05, 3.63) is 71.3 Å². The zero-order valence-corrected chi connectivity index (χ0v) is 17.0. The normalized spacial score (nSPS) is 18.5. The molecule has 2 fully saturated rings. The molecule has 0 aliphatic carbocycles. The van der Waals surface area contributed by atoms with E-state index in [0.717, 1.165) is 31.2 Å². The molecule has 2 heterocycles. The van der Waals surface area contributed by atoms with Crippen LogP contribution in [-0.2, 0) is 22.6 Å². The van der Waals surface area contributed by atoms with Crippen LogP contribution in [0, 0.1) is 0 Å². The first-order valence-corrected chi connectivity index (χ1v) is 10.6. The van der Waals surface area contributed by atoms with Gasteiger partial charge in [0, 0.05) is 25.2 Å². The lowest BCUT2D eigenvalue weighted by molar-refractivity contribution is -0.154. The lowest BCUT2D eigenvalue weighted by Crippen LogP contribution is -2.56. The second-order valence-corrected chi connectivity index (χ2v) is 7.98. The Morgan fingerprint density at radius 1 is 1.00 bits per heavy atom. The van der Waals surface area contributed by atoms with Crippen LogP contribution in [0.4, 0.5) is 0 Å². The summed E-state index contributed by atoms with van der Waals surface area (Å²) >= 11 is 0. The largest absolute Gasteiger partial charge is 0.352 e. The number of rotatable bonds is 7. The molecule has 0 unspecified atom stereocenters. The Morgan fingerprint density at radius 2 is 1.77 bits per heavy atom. The fourth-order valence-electron chi connectivity index (χ4n) is 4.22. The SMILES string of the molecule is O=C(NCCCc1ccccc1)c1ccc(CN2CC(=O)N3CCC[C@@H]3C2=O)cc1. The van der Waals surface area contributed by atoms with Gasteiger partial charge in [-0.25, -0.2) is 0 Å². The van der Waals surface area contributed by atoms with Crippen molar-refractivity contribution in [2.24, 2.45) is 0 Å². The van der Waals surface area contributed by atoms with E-state index in [1.807, 2.05) is 30.3 Å². The van der Waals surface area contributed by atoms with Crippen LogP contribution in [0.3, 0.4) is 0 Å². The van der Waals surface area contributed by atoms with Gasteiger partial charge in [0.15, 0.2) is 0 Å². The molecule has 6 nitrogen and oxygen atoms in total. The van der Waals surface area contributed by atoms with Crippen LogP contribution in [0.2, 0.25) is 0 Å². The highest BCUT2D eigenvalue weighted by Gasteiger charge is 2.41. The number of carbonyl (C=O) groups is 3. The molecule has 2 aromatic carbocycles. The number of carbonyl (C=O) groups excluding carboxylic acids is 3. The summed E-state index contributed by atoms with van der Waals surface area (Å²) in [5, 5.41) is 2.95. The van der Waals surface area contributed by atoms with E-state index >= 15 is 0 Å². The predicted octanol–water partition coefficient (Wildman–Crippen LogP) is 2.38. The summed E-state index contributed by atoms with van der Waals surface area (Å²) in [4.78, 5) is 40.6. The van der Waals surface area contributed by atoms with Crippen LogP contribution in [0.15, 0.2) is 54.6 Å². The van der Waals surface area contributed by atoms with Gasteiger partial charge in [0.05, 0.1) is 0 Å². The molecule has 1 N–H and O–H groups in total. The quantitative estimate of drug-likeness (QED) is 0.719. The minimum absolute atomic E-state index is 0.0311. The van der Waals surface area contributed by atoms with Gasteiger partial charge in [-0.1, -0.05) is 42.5 Å². The summed E-state index contributed by atoms with van der Waals surface area (Å²) in [6.45, 7) is 1.85. The van der Waals surface area contributed by atoms with Gasteiger partial charge < -0.3 is 15.1 Å². The van der Waals surface area contributed by atoms with Gasteiger partial charge in [0.25, 0.3) is 5.91 Å². The molecule has 6 heteroatoms. The van der Waals surface area contributed by atoms with Crippen LogP contribution in [0.5, 0.6) is 0 Å². The van der Waals surface area contributed by atoms with E-state index in [0.29, 0.717) is 25.2 Å². The summed E-state index contributed by atoms with van der Waals surface area (Å²) < 4.78 is 0. The highest BCUT2D eigenvalue weighted by atomic mass is 16.2. The van der Waals surface area contributed by atoms with E-state index < -0.39 is 0 Å². The summed E-state index contributed by atoms with van der Waals surface area (Å²) in [6.07, 6.45) is 3.47. The molecule has 156 valence electrons. The monoisotopic (exact) mass is 405 g/mol. The first-order valence-electron chi connectivity index (χ1n) is 10.6. The van der Waals surface area contributed by atoms with E-state index in [9.17, 15) is 14.4 Å². The smallest absolute Gasteiger partial charge is 0.251 e. The van der Waals surface area contributed by atoms with Crippen LogP contribution in [0.25, 0.3) is 0 Å². The summed E-state index contributed by atoms with van der Waals surface area (Å²) in [6, 6.07) is 17.2. The van der Waals surface area contributed by atoms with E-state index in [1.165, 1.54) is 5.56 Å². The van der Waals surface area contributed by atoms with Crippen molar-refractivity contribution < 1.29 is 14.4 Å². The Bertz CT molecular complexity index is 911. The van der Waals surface area contributed by atoms with E-state index in [4.69, 9.17) is 0 Å². The second-order valence-electron chi connectivity index (χ2n) is 7.98. The predicted molar refractivity (Wildman–Crippen MR) is 114 cm³/mol. The van der Waals surface area contributed by atoms with E-state index in [2.05, 4.69) is 17.4 Å². The number of hydrogen-bond donors (Lipinski definition) is 1. The Hall–Kier alpha value is -3.15. The molecule has 0 saturated carbocycles. The highest BCUT2D eigenvalue weighted by molar-refractivity contribution is 5.95. The van der Waals surface area contributed by atoms with Crippen molar-refractivity contribution in [3.63, 3.8) is 0 Å². The topological polar surface area (TPSA) is 69.7 Å². The van der Waals surface area contributed by atoms with Gasteiger partial charge in [0.1, 0.15) is 12.6 Å². The number of nitrogens with zero attached hydrogens (tertiary/aromatic N) is 2. The van der Waals surface area contributed by atoms with E-state index in [1.54, 1.807) is 21.9 Å². The number of piperazine rings is 1. The van der Waals surface area contributed by atoms with Crippen molar-refractivity contribution >= 4 is 17.7 Å². The van der Waals surface area contributed by atoms with Crippen molar-refractivity contribution in [3.8, 4) is 0 Å². The number of benzene rings is 2. The van der Waals surface area contributed by atoms with Crippen LogP contribution < -0.4 is 5.32 Å². The second kappa shape index (κ2) is 9.11. The van der Waals surface area contributed by atoms with Crippen LogP contribution in [-0.4, -0.2) is 53.2 Å². The van der Waals surface area contributed by atoms with Gasteiger partial charge in [-0.05, 0) is 48.9 Å². The van der Waals surface area contributed by atoms with Gasteiger partial charge in [-0.15, -0.1) is 0 Å². The molecule has 0 radical (unpaired) electrons. The Morgan fingerprint density at radius 3 is 2.53 bits per heavy atom. The lowest BCUT2D eigenvalue weighted by atomic mass is 10.1. The maximum Gasteiger partial charge on any atom is 0.251 e. The standard InChI is InChI=1S/C24H27N3O3/c28-22-17-26(24(30)21-9-5-15-27(21)22)16-19-10-12-20(13-11-19)23(29)25-14-4-8-18-6-2-1-3-7-18/h1-3,6-7,10-13,21H,4-5,8-9,14-17H2,(H,25,29)/t21-/m1/s1. The van der Waals surface area contributed by atoms with Crippen LogP contribution in [0.1, 0.15) is 40.7 Å². The number of amides is 3. The maximum absolute atomic E-state index is 12.6. The number of hydrogen-bond acceptors (Lipinski definition) is 3. The average Bonchev–Trinajstić information content (AvgIpc) is 3.27. The molecule has 2 aromatic rings. The summed E-state index contributed by atoms with van der Waals surface area (Å²) in [7, 11) is 0. The highest BCUT2D eigenvalue weighted by Crippen LogP contribution is 2.24. The molecule has 4 rings (SSSR count). The molecule has 2 saturated heterocycles. The molecular formula is C24H27N3O3. The molecule has 30 heavy (non-hydrogen) atoms. The third-order valence-corrected chi connectivity index (χ3v) is 5.86. The first-order chi connectivity index (χ1) is 14.6. The van der Waals surface area contributed by atoms with Gasteiger partial charge in [0.2, 0.25) is 11.8 Å². The van der Waals surface area contributed by atoms with Crippen molar-refractivity contribution in [1.82, 2.24) is 15.1 Å². The Kier molecular flexibility index (Phi) is 6.12. The van der Waals surface area contributed by atoms with Crippen LogP contribution >= 0.6 is 0 Å².